The summed E-state index contributed by atoms with van der Waals surface area (Å²) in [4.78, 5) is 197. The molecular formula is C78H127F3N12O14. The van der Waals surface area contributed by atoms with Crippen LogP contribution in [0.15, 0.2) is 12.2 Å². The Morgan fingerprint density at radius 1 is 0.664 bits per heavy atom. The normalized spacial score (nSPS) is 31.2. The lowest BCUT2D eigenvalue weighted by molar-refractivity contribution is -0.215. The first-order valence-corrected chi connectivity index (χ1v) is 39.7. The van der Waals surface area contributed by atoms with Crippen LogP contribution >= 0.6 is 0 Å². The molecule has 12 amide bonds. The van der Waals surface area contributed by atoms with E-state index < -0.39 is 180 Å². The predicted octanol–water partition coefficient (Wildman–Crippen LogP) is 6.41. The minimum atomic E-state index is -4.52. The molecule has 7 rings (SSSR count). The second-order valence-electron chi connectivity index (χ2n) is 32.2. The second kappa shape index (κ2) is 38.6. The van der Waals surface area contributed by atoms with Crippen molar-refractivity contribution in [1.82, 2.24) is 59.6 Å². The molecule has 3 unspecified atom stereocenters. The van der Waals surface area contributed by atoms with E-state index in [0.29, 0.717) is 57.3 Å². The molecule has 604 valence electrons. The van der Waals surface area contributed by atoms with E-state index in [1.165, 1.54) is 112 Å². The summed E-state index contributed by atoms with van der Waals surface area (Å²) in [5, 5.41) is 5.88. The first kappa shape index (κ1) is 87.3. The lowest BCUT2D eigenvalue weighted by Crippen LogP contribution is -2.68. The first-order valence-electron chi connectivity index (χ1n) is 39.7. The number of rotatable bonds is 17. The van der Waals surface area contributed by atoms with Gasteiger partial charge in [-0.2, -0.15) is 13.2 Å². The maximum Gasteiger partial charge on any atom is 0.394 e. The van der Waals surface area contributed by atoms with E-state index in [0.717, 1.165) is 25.7 Å². The molecule has 0 aromatic carbocycles. The van der Waals surface area contributed by atoms with Crippen LogP contribution in [0.3, 0.4) is 0 Å². The molecule has 2 bridgehead atoms. The summed E-state index contributed by atoms with van der Waals surface area (Å²) in [5.41, 5.74) is -1.56. The highest BCUT2D eigenvalue weighted by Crippen LogP contribution is 2.44. The number of halogens is 3. The van der Waals surface area contributed by atoms with Crippen LogP contribution in [-0.2, 0) is 67.0 Å². The van der Waals surface area contributed by atoms with Gasteiger partial charge in [0.15, 0.2) is 0 Å². The van der Waals surface area contributed by atoms with Gasteiger partial charge < -0.3 is 69.1 Å². The molecule has 7 aliphatic rings. The molecule has 0 aromatic rings. The number of ether oxygens (including phenoxy) is 2. The fourth-order valence-corrected chi connectivity index (χ4v) is 17.4. The number of hydrogen-bond acceptors (Lipinski definition) is 14. The van der Waals surface area contributed by atoms with Crippen LogP contribution in [0.25, 0.3) is 0 Å². The number of alkyl halides is 3. The van der Waals surface area contributed by atoms with Gasteiger partial charge in [0.2, 0.25) is 70.9 Å². The Kier molecular flexibility index (Phi) is 31.5. The van der Waals surface area contributed by atoms with Gasteiger partial charge in [-0.25, -0.2) is 0 Å². The second-order valence-corrected chi connectivity index (χ2v) is 32.2. The summed E-state index contributed by atoms with van der Waals surface area (Å²) in [6.07, 6.45) is 4.34. The largest absolute Gasteiger partial charge is 0.394 e. The highest BCUT2D eigenvalue weighted by Gasteiger charge is 2.57. The number of nitrogens with one attached hydrogen (secondary N) is 2. The van der Waals surface area contributed by atoms with Crippen LogP contribution in [0.1, 0.15) is 203 Å². The first-order chi connectivity index (χ1) is 50.5. The number of amides is 12. The van der Waals surface area contributed by atoms with Crippen LogP contribution in [-0.4, -0.2) is 294 Å². The van der Waals surface area contributed by atoms with Crippen molar-refractivity contribution in [3.8, 4) is 0 Å². The number of nitrogens with zero attached hydrogens (tertiary/aromatic N) is 10. The van der Waals surface area contributed by atoms with Gasteiger partial charge in [-0.15, -0.1) is 0 Å². The third kappa shape index (κ3) is 20.8. The van der Waals surface area contributed by atoms with E-state index in [-0.39, 0.29) is 108 Å². The summed E-state index contributed by atoms with van der Waals surface area (Å²) < 4.78 is 54.6. The Bertz CT molecular complexity index is 3160. The average Bonchev–Trinajstić information content (AvgIpc) is 1.72. The highest BCUT2D eigenvalue weighted by molar-refractivity contribution is 6.01. The average molecular weight is 1510 g/mol. The molecule has 4 aliphatic carbocycles. The molecule has 107 heavy (non-hydrogen) atoms. The van der Waals surface area contributed by atoms with Gasteiger partial charge in [0.25, 0.3) is 0 Å². The Hall–Kier alpha value is -6.91. The molecule has 3 aliphatic heterocycles. The van der Waals surface area contributed by atoms with Crippen LogP contribution in [0.2, 0.25) is 0 Å². The van der Waals surface area contributed by atoms with Crippen molar-refractivity contribution < 1.29 is 80.2 Å². The minimum absolute atomic E-state index is 0.00138. The van der Waals surface area contributed by atoms with Crippen molar-refractivity contribution >= 4 is 70.9 Å². The Labute approximate surface area is 632 Å². The lowest BCUT2D eigenvalue weighted by atomic mass is 9.73. The minimum Gasteiger partial charge on any atom is -0.381 e. The number of hydrogen-bond donors (Lipinski definition) is 2. The van der Waals surface area contributed by atoms with E-state index in [1.807, 2.05) is 39.8 Å². The zero-order chi connectivity index (χ0) is 79.3. The quantitative estimate of drug-likeness (QED) is 0.149. The summed E-state index contributed by atoms with van der Waals surface area (Å²) in [6.45, 7) is 12.2. The fourth-order valence-electron chi connectivity index (χ4n) is 17.4. The van der Waals surface area contributed by atoms with Gasteiger partial charge in [0.1, 0.15) is 60.4 Å². The molecule has 26 nitrogen and oxygen atoms in total. The number of methoxy groups -OCH3 is 1. The third-order valence-electron chi connectivity index (χ3n) is 25.0. The fraction of sp³-hybridized carbons (Fsp3) is 0.821. The third-order valence-corrected chi connectivity index (χ3v) is 25.0. The molecule has 0 aromatic heterocycles. The molecule has 3 heterocycles. The SMILES string of the molecule is CCC[C@H]1C(=O)N[C@@H]([C@@H](C)CC)C(=O)N(C2CC2)CC(=O)N(C)[C@H]2C/C=C\CCN(C2=O)[C@@H](CC2CCC(C)CC2)C(=O)N(C)CC(=O)N[C@@H](CCC2CCC(C(F)(F)F)C(OC)C2)C(=O)N2C[C@H](OCC)C[C@H]2C(=O)N(C)C2(CCC2)C(=O)N(C)[C@@H](C(CC)CC)C(=O)N(C)[C@H](C(=O)N(C)C)CC(=O)N1C. The van der Waals surface area contributed by atoms with Crippen molar-refractivity contribution in [3.63, 3.8) is 0 Å². The molecule has 2 saturated heterocycles. The van der Waals surface area contributed by atoms with Gasteiger partial charge in [0, 0.05) is 95.7 Å². The zero-order valence-electron chi connectivity index (χ0n) is 66.8. The molecule has 13 atom stereocenters. The van der Waals surface area contributed by atoms with E-state index in [2.05, 4.69) is 17.6 Å². The van der Waals surface area contributed by atoms with Crippen LogP contribution in [0.5, 0.6) is 0 Å². The van der Waals surface area contributed by atoms with Crippen molar-refractivity contribution in [3.05, 3.63) is 12.2 Å². The maximum atomic E-state index is 15.8. The maximum absolute atomic E-state index is 15.8. The topological polar surface area (TPSA) is 280 Å². The highest BCUT2D eigenvalue weighted by atomic mass is 19.4. The number of likely N-dealkylation sites (N-methyl/N-ethyl adjacent to an activating group) is 7. The van der Waals surface area contributed by atoms with Crippen molar-refractivity contribution in [2.24, 2.45) is 35.5 Å². The Morgan fingerprint density at radius 3 is 1.89 bits per heavy atom. The van der Waals surface area contributed by atoms with Crippen LogP contribution < -0.4 is 10.6 Å². The van der Waals surface area contributed by atoms with E-state index in [4.69, 9.17) is 9.47 Å². The van der Waals surface area contributed by atoms with Crippen LogP contribution in [0, 0.1) is 35.5 Å². The molecule has 29 heteroatoms. The van der Waals surface area contributed by atoms with Gasteiger partial charge in [-0.1, -0.05) is 105 Å². The Morgan fingerprint density at radius 2 is 1.32 bits per heavy atom. The number of carbonyl (C=O) groups is 12. The van der Waals surface area contributed by atoms with E-state index in [9.17, 15) is 32.3 Å². The van der Waals surface area contributed by atoms with Crippen molar-refractivity contribution in [2.45, 2.75) is 281 Å². The van der Waals surface area contributed by atoms with Crippen molar-refractivity contribution in [1.29, 1.82) is 0 Å². The summed E-state index contributed by atoms with van der Waals surface area (Å²) in [7, 11) is 12.9. The number of fused-ring (bicyclic) bond motifs is 3. The van der Waals surface area contributed by atoms with Crippen molar-refractivity contribution in [2.75, 3.05) is 96.3 Å². The summed E-state index contributed by atoms with van der Waals surface area (Å²) in [6, 6.07) is -10.4. The molecular weight excluding hydrogens is 1390 g/mol. The lowest BCUT2D eigenvalue weighted by Gasteiger charge is -2.51. The molecule has 6 fully saturated rings. The van der Waals surface area contributed by atoms with Gasteiger partial charge >= 0.3 is 6.18 Å². The summed E-state index contributed by atoms with van der Waals surface area (Å²) >= 11 is 0. The Balaban J connectivity index is 1.34. The van der Waals surface area contributed by atoms with E-state index >= 15 is 38.4 Å². The number of carbonyl (C=O) groups excluding carboxylic acids is 12. The molecule has 2 N–H and O–H groups in total. The zero-order valence-corrected chi connectivity index (χ0v) is 66.8. The van der Waals surface area contributed by atoms with Gasteiger partial charge in [-0.05, 0) is 126 Å². The molecule has 4 saturated carbocycles. The summed E-state index contributed by atoms with van der Waals surface area (Å²) in [5.74, 6) is -10.2. The van der Waals surface area contributed by atoms with E-state index in [1.54, 1.807) is 13.8 Å². The van der Waals surface area contributed by atoms with Gasteiger partial charge in [-0.3, -0.25) is 57.5 Å². The molecule has 0 radical (unpaired) electrons. The molecule has 1 spiro atoms. The monoisotopic (exact) mass is 1510 g/mol. The van der Waals surface area contributed by atoms with Gasteiger partial charge in [0.05, 0.1) is 31.1 Å². The smallest absolute Gasteiger partial charge is 0.381 e. The standard InChI is InChI=1S/C78H127F3N12O14/c1-17-26-57-68(97)83-66(49(7)18-2)74(103)92(53-34-35-53)47-65(96)87(12)58-27-23-22-24-40-91(73(58)102)60(41-50-30-28-48(6)29-31-50)71(100)85(10)46-63(94)82-56(37-33-51-32-36-55(78(79,80)81)62(42-51)106-16)69(98)93-45-54(107-21-5)43-61(93)72(101)90(15)77(38-25-39-77)76(105)89(14)67(52(19-3)20-4)75(104)88(13)59(70(99)84(8)9)44-64(95)86(57)11/h22-23,48-62,66-67H,17-21,24-47H2,1-16H3,(H,82,94)(H,83,97)/b23-22-/t48?,49-,50?,51?,54+,55?,56-,57-,58-,59-,60-,61-,62?,66-,67-/m0/s1. The predicted molar refractivity (Wildman–Crippen MR) is 396 cm³/mol. The van der Waals surface area contributed by atoms with Crippen LogP contribution in [0.4, 0.5) is 13.2 Å².